The first-order valence-corrected chi connectivity index (χ1v) is 22.0. The highest BCUT2D eigenvalue weighted by Crippen LogP contribution is 2.47. The standard InChI is InChI=1S/C60H39NS/c1-2-10-40(11-3-1)42-20-22-43(23-21-42)47-15-8-16-54(39-47)61(57-19-9-18-56-59-55-17-7-6-13-45(55)32-35-58(59)62-60(56)57)53-33-30-44(31-34-53)48-26-27-51-38-52(29-28-50(51)37-48)49-25-24-41-12-4-5-14-46(41)36-49/h1-39H. The van der Waals surface area contributed by atoms with E-state index >= 15 is 0 Å². The SMILES string of the molecule is c1ccc(-c2ccc(-c3cccc(N(c4ccc(-c5ccc6cc(-c7ccc8ccccc8c7)ccc6c5)cc4)c4cccc5c4sc4ccc6ccccc6c45)c3)cc2)cc1. The highest BCUT2D eigenvalue weighted by atomic mass is 32.1. The molecule has 0 spiro atoms. The Labute approximate surface area is 365 Å². The van der Waals surface area contributed by atoms with E-state index in [0.29, 0.717) is 0 Å². The maximum atomic E-state index is 2.44. The third-order valence-electron chi connectivity index (χ3n) is 12.4. The van der Waals surface area contributed by atoms with Crippen LogP contribution in [0.25, 0.3) is 97.0 Å². The van der Waals surface area contributed by atoms with Gasteiger partial charge >= 0.3 is 0 Å². The molecule has 1 nitrogen and oxygen atoms in total. The van der Waals surface area contributed by atoms with Crippen molar-refractivity contribution in [3.8, 4) is 44.5 Å². The van der Waals surface area contributed by atoms with E-state index in [1.54, 1.807) is 0 Å². The molecule has 1 heterocycles. The molecule has 0 atom stereocenters. The van der Waals surface area contributed by atoms with Crippen molar-refractivity contribution in [2.24, 2.45) is 0 Å². The third-order valence-corrected chi connectivity index (χ3v) is 13.6. The Morgan fingerprint density at radius 2 is 0.742 bits per heavy atom. The van der Waals surface area contributed by atoms with E-state index in [4.69, 9.17) is 0 Å². The summed E-state index contributed by atoms with van der Waals surface area (Å²) in [4.78, 5) is 2.44. The Morgan fingerprint density at radius 1 is 0.274 bits per heavy atom. The fraction of sp³-hybridized carbons (Fsp3) is 0. The first-order chi connectivity index (χ1) is 30.7. The molecule has 0 saturated heterocycles. The number of fused-ring (bicyclic) bond motifs is 7. The second-order valence-electron chi connectivity index (χ2n) is 16.1. The van der Waals surface area contributed by atoms with Crippen molar-refractivity contribution in [3.05, 3.63) is 237 Å². The van der Waals surface area contributed by atoms with Crippen molar-refractivity contribution in [3.63, 3.8) is 0 Å². The zero-order valence-electron chi connectivity index (χ0n) is 33.9. The maximum absolute atomic E-state index is 2.44. The predicted molar refractivity (Wildman–Crippen MR) is 268 cm³/mol. The van der Waals surface area contributed by atoms with Gasteiger partial charge in [-0.3, -0.25) is 0 Å². The average molecular weight is 806 g/mol. The smallest absolute Gasteiger partial charge is 0.0640 e. The molecule has 290 valence electrons. The molecule has 62 heavy (non-hydrogen) atoms. The second kappa shape index (κ2) is 15.0. The van der Waals surface area contributed by atoms with Crippen molar-refractivity contribution in [2.45, 2.75) is 0 Å². The molecule has 0 N–H and O–H groups in total. The Morgan fingerprint density at radius 3 is 1.47 bits per heavy atom. The Balaban J connectivity index is 0.941. The van der Waals surface area contributed by atoms with Crippen molar-refractivity contribution in [1.82, 2.24) is 0 Å². The number of anilines is 3. The van der Waals surface area contributed by atoms with E-state index in [0.717, 1.165) is 11.4 Å². The molecule has 12 aromatic rings. The quantitative estimate of drug-likeness (QED) is 0.155. The minimum absolute atomic E-state index is 1.11. The van der Waals surface area contributed by atoms with Gasteiger partial charge in [0.15, 0.2) is 0 Å². The molecular weight excluding hydrogens is 767 g/mol. The fourth-order valence-electron chi connectivity index (χ4n) is 9.24. The molecule has 0 fully saturated rings. The van der Waals surface area contributed by atoms with Crippen LogP contribution in [0.5, 0.6) is 0 Å². The number of hydrogen-bond donors (Lipinski definition) is 0. The van der Waals surface area contributed by atoms with E-state index < -0.39 is 0 Å². The summed E-state index contributed by atoms with van der Waals surface area (Å²) in [6.45, 7) is 0. The normalized spacial score (nSPS) is 11.5. The summed E-state index contributed by atoms with van der Waals surface area (Å²) >= 11 is 1.88. The molecule has 0 unspecified atom stereocenters. The number of nitrogens with zero attached hydrogens (tertiary/aromatic N) is 1. The molecule has 1 aromatic heterocycles. The summed E-state index contributed by atoms with van der Waals surface area (Å²) in [6.07, 6.45) is 0. The van der Waals surface area contributed by atoms with Gasteiger partial charge in [-0.2, -0.15) is 0 Å². The molecular formula is C60H39NS. The molecule has 11 aromatic carbocycles. The van der Waals surface area contributed by atoms with Crippen LogP contribution in [0.2, 0.25) is 0 Å². The summed E-state index contributed by atoms with van der Waals surface area (Å²) < 4.78 is 2.58. The summed E-state index contributed by atoms with van der Waals surface area (Å²) in [6, 6.07) is 86.7. The topological polar surface area (TPSA) is 3.24 Å². The Bertz CT molecular complexity index is 3620. The van der Waals surface area contributed by atoms with E-state index in [9.17, 15) is 0 Å². The van der Waals surface area contributed by atoms with Crippen LogP contribution in [0.1, 0.15) is 0 Å². The van der Waals surface area contributed by atoms with Gasteiger partial charge in [-0.1, -0.05) is 182 Å². The van der Waals surface area contributed by atoms with Gasteiger partial charge in [-0.25, -0.2) is 0 Å². The van der Waals surface area contributed by atoms with Crippen LogP contribution in [-0.4, -0.2) is 0 Å². The fourth-order valence-corrected chi connectivity index (χ4v) is 10.5. The van der Waals surface area contributed by atoms with Gasteiger partial charge < -0.3 is 4.90 Å². The molecule has 0 amide bonds. The van der Waals surface area contributed by atoms with Crippen molar-refractivity contribution in [1.29, 1.82) is 0 Å². The molecule has 0 bridgehead atoms. The first kappa shape index (κ1) is 36.1. The number of benzene rings is 11. The van der Waals surface area contributed by atoms with E-state index in [2.05, 4.69) is 241 Å². The van der Waals surface area contributed by atoms with Crippen molar-refractivity contribution < 1.29 is 0 Å². The summed E-state index contributed by atoms with van der Waals surface area (Å²) in [5.41, 5.74) is 13.1. The van der Waals surface area contributed by atoms with Gasteiger partial charge in [0, 0.05) is 26.8 Å². The van der Waals surface area contributed by atoms with Crippen molar-refractivity contribution >= 4 is 80.9 Å². The largest absolute Gasteiger partial charge is 0.309 e. The summed E-state index contributed by atoms with van der Waals surface area (Å²) in [7, 11) is 0. The molecule has 12 rings (SSSR count). The number of thiophene rings is 1. The minimum Gasteiger partial charge on any atom is -0.309 e. The van der Waals surface area contributed by atoms with Crippen LogP contribution in [0.15, 0.2) is 237 Å². The molecule has 0 radical (unpaired) electrons. The zero-order valence-corrected chi connectivity index (χ0v) is 34.7. The molecule has 2 heteroatoms. The van der Waals surface area contributed by atoms with Crippen LogP contribution in [-0.2, 0) is 0 Å². The first-order valence-electron chi connectivity index (χ1n) is 21.2. The molecule has 0 aliphatic carbocycles. The predicted octanol–water partition coefficient (Wildman–Crippen LogP) is 17.7. The summed E-state index contributed by atoms with van der Waals surface area (Å²) in [5, 5.41) is 10.2. The molecule has 0 aliphatic heterocycles. The third kappa shape index (κ3) is 6.41. The van der Waals surface area contributed by atoms with Crippen LogP contribution in [0, 0.1) is 0 Å². The van der Waals surface area contributed by atoms with Crippen LogP contribution < -0.4 is 4.90 Å². The van der Waals surface area contributed by atoms with Crippen LogP contribution >= 0.6 is 11.3 Å². The lowest BCUT2D eigenvalue weighted by Crippen LogP contribution is -2.10. The van der Waals surface area contributed by atoms with Gasteiger partial charge in [0.25, 0.3) is 0 Å². The lowest BCUT2D eigenvalue weighted by Gasteiger charge is -2.27. The lowest BCUT2D eigenvalue weighted by atomic mass is 9.96. The van der Waals surface area contributed by atoms with Gasteiger partial charge in [-0.05, 0) is 131 Å². The highest BCUT2D eigenvalue weighted by Gasteiger charge is 2.20. The zero-order chi connectivity index (χ0) is 41.0. The second-order valence-corrected chi connectivity index (χ2v) is 17.2. The summed E-state index contributed by atoms with van der Waals surface area (Å²) in [5.74, 6) is 0. The van der Waals surface area contributed by atoms with Crippen molar-refractivity contribution in [2.75, 3.05) is 4.90 Å². The Hall–Kier alpha value is -7.78. The highest BCUT2D eigenvalue weighted by molar-refractivity contribution is 7.26. The van der Waals surface area contributed by atoms with E-state index in [1.807, 2.05) is 11.3 Å². The van der Waals surface area contributed by atoms with Gasteiger partial charge in [0.2, 0.25) is 0 Å². The monoisotopic (exact) mass is 805 g/mol. The van der Waals surface area contributed by atoms with Gasteiger partial charge in [0.1, 0.15) is 0 Å². The lowest BCUT2D eigenvalue weighted by molar-refractivity contribution is 1.30. The molecule has 0 aliphatic rings. The number of hydrogen-bond acceptors (Lipinski definition) is 2. The Kier molecular flexibility index (Phi) is 8.76. The van der Waals surface area contributed by atoms with Crippen LogP contribution in [0.4, 0.5) is 17.1 Å². The minimum atomic E-state index is 1.11. The van der Waals surface area contributed by atoms with Gasteiger partial charge in [0.05, 0.1) is 10.4 Å². The van der Waals surface area contributed by atoms with Crippen LogP contribution in [0.3, 0.4) is 0 Å². The van der Waals surface area contributed by atoms with E-state index in [-0.39, 0.29) is 0 Å². The average Bonchev–Trinajstić information content (AvgIpc) is 3.74. The maximum Gasteiger partial charge on any atom is 0.0640 e. The van der Waals surface area contributed by atoms with E-state index in [1.165, 1.54) is 103 Å². The molecule has 0 saturated carbocycles. The van der Waals surface area contributed by atoms with Gasteiger partial charge in [-0.15, -0.1) is 11.3 Å². The number of rotatable bonds is 7.